The van der Waals surface area contributed by atoms with E-state index in [-0.39, 0.29) is 11.1 Å². The summed E-state index contributed by atoms with van der Waals surface area (Å²) in [6, 6.07) is 6.68. The normalized spacial score (nSPS) is 18.9. The van der Waals surface area contributed by atoms with Crippen LogP contribution in [0.2, 0.25) is 0 Å². The van der Waals surface area contributed by atoms with E-state index in [1.165, 1.54) is 4.68 Å². The van der Waals surface area contributed by atoms with Gasteiger partial charge in [0.15, 0.2) is 6.23 Å². The van der Waals surface area contributed by atoms with E-state index in [0.717, 1.165) is 4.68 Å². The van der Waals surface area contributed by atoms with Crippen LogP contribution in [0.15, 0.2) is 33.9 Å². The first-order chi connectivity index (χ1) is 7.70. The molecule has 1 unspecified atom stereocenters. The van der Waals surface area contributed by atoms with Gasteiger partial charge in [-0.15, -0.1) is 0 Å². The zero-order valence-corrected chi connectivity index (χ0v) is 8.46. The molecule has 3 rings (SSSR count). The predicted molar refractivity (Wildman–Crippen MR) is 58.3 cm³/mol. The van der Waals surface area contributed by atoms with Crippen molar-refractivity contribution in [2.45, 2.75) is 19.2 Å². The third-order valence-corrected chi connectivity index (χ3v) is 2.97. The zero-order valence-electron chi connectivity index (χ0n) is 8.46. The Bertz CT molecular complexity index is 684. The van der Waals surface area contributed by atoms with Gasteiger partial charge in [-0.2, -0.15) is 0 Å². The number of hydrogen-bond donors (Lipinski definition) is 1. The summed E-state index contributed by atoms with van der Waals surface area (Å²) in [4.78, 5) is 24.0. The van der Waals surface area contributed by atoms with Crippen LogP contribution in [0, 0.1) is 0 Å². The lowest BCUT2D eigenvalue weighted by atomic mass is 10.2. The van der Waals surface area contributed by atoms with E-state index in [2.05, 4.69) is 0 Å². The maximum Gasteiger partial charge on any atom is 0.275 e. The van der Waals surface area contributed by atoms with Crippen LogP contribution >= 0.6 is 0 Å². The lowest BCUT2D eigenvalue weighted by molar-refractivity contribution is 0.102. The topological polar surface area (TPSA) is 64.2 Å². The molecule has 0 aliphatic carbocycles. The first kappa shape index (κ1) is 9.35. The summed E-state index contributed by atoms with van der Waals surface area (Å²) in [7, 11) is 0. The minimum atomic E-state index is -0.884. The summed E-state index contributed by atoms with van der Waals surface area (Å²) in [5.41, 5.74) is -0.521. The van der Waals surface area contributed by atoms with Crippen molar-refractivity contribution in [3.63, 3.8) is 0 Å². The minimum Gasteiger partial charge on any atom is -0.372 e. The standard InChI is InChI=1S/C11H10N2O3/c14-9-5-6-12-10(15)7-3-1-2-4-8(7)11(16)13(9)12/h1-4,9,14H,5-6H2. The summed E-state index contributed by atoms with van der Waals surface area (Å²) in [6.07, 6.45) is -0.476. The van der Waals surface area contributed by atoms with E-state index in [9.17, 15) is 14.7 Å². The summed E-state index contributed by atoms with van der Waals surface area (Å²) in [5, 5.41) is 10.4. The van der Waals surface area contributed by atoms with E-state index < -0.39 is 6.23 Å². The van der Waals surface area contributed by atoms with E-state index in [0.29, 0.717) is 23.7 Å². The third kappa shape index (κ3) is 1.03. The van der Waals surface area contributed by atoms with Gasteiger partial charge in [-0.25, -0.2) is 9.36 Å². The third-order valence-electron chi connectivity index (χ3n) is 2.97. The van der Waals surface area contributed by atoms with Crippen molar-refractivity contribution in [3.05, 3.63) is 45.0 Å². The Balaban J connectivity index is 2.59. The molecule has 0 radical (unpaired) electrons. The Hall–Kier alpha value is -1.88. The average Bonchev–Trinajstić information content (AvgIpc) is 2.69. The fraction of sp³-hybridized carbons (Fsp3) is 0.273. The minimum absolute atomic E-state index is 0.216. The highest BCUT2D eigenvalue weighted by Gasteiger charge is 2.23. The highest BCUT2D eigenvalue weighted by molar-refractivity contribution is 5.80. The second kappa shape index (κ2) is 3.05. The molecule has 1 N–H and O–H groups in total. The molecule has 0 bridgehead atoms. The number of hydrogen-bond acceptors (Lipinski definition) is 3. The van der Waals surface area contributed by atoms with Gasteiger partial charge in [-0.3, -0.25) is 9.59 Å². The van der Waals surface area contributed by atoms with Crippen molar-refractivity contribution in [1.29, 1.82) is 0 Å². The quantitative estimate of drug-likeness (QED) is 0.680. The van der Waals surface area contributed by atoms with Crippen LogP contribution in [0.1, 0.15) is 12.6 Å². The van der Waals surface area contributed by atoms with Gasteiger partial charge < -0.3 is 5.11 Å². The van der Waals surface area contributed by atoms with E-state index in [4.69, 9.17) is 0 Å². The number of rotatable bonds is 0. The van der Waals surface area contributed by atoms with Crippen LogP contribution in [-0.2, 0) is 6.54 Å². The Morgan fingerprint density at radius 3 is 2.44 bits per heavy atom. The molecule has 16 heavy (non-hydrogen) atoms. The van der Waals surface area contributed by atoms with Crippen LogP contribution in [0.25, 0.3) is 10.8 Å². The van der Waals surface area contributed by atoms with Crippen molar-refractivity contribution >= 4 is 10.8 Å². The second-order valence-corrected chi connectivity index (χ2v) is 3.89. The van der Waals surface area contributed by atoms with Gasteiger partial charge in [0, 0.05) is 13.0 Å². The maximum absolute atomic E-state index is 12.0. The van der Waals surface area contributed by atoms with E-state index in [1.54, 1.807) is 24.3 Å². The molecular formula is C11H10N2O3. The number of nitrogens with zero attached hydrogens (tertiary/aromatic N) is 2. The molecule has 0 saturated carbocycles. The number of aromatic nitrogens is 2. The van der Waals surface area contributed by atoms with Crippen LogP contribution < -0.4 is 11.1 Å². The molecule has 0 amide bonds. The molecule has 5 nitrogen and oxygen atoms in total. The van der Waals surface area contributed by atoms with Gasteiger partial charge in [0.25, 0.3) is 11.1 Å². The Morgan fingerprint density at radius 1 is 1.12 bits per heavy atom. The van der Waals surface area contributed by atoms with Gasteiger partial charge in [0.05, 0.1) is 10.8 Å². The molecule has 0 fully saturated rings. The largest absolute Gasteiger partial charge is 0.372 e. The molecule has 5 heteroatoms. The SMILES string of the molecule is O=c1c2ccccc2c(=O)n2n1CCC2O. The molecule has 2 aromatic rings. The molecule has 82 valence electrons. The van der Waals surface area contributed by atoms with Crippen molar-refractivity contribution in [1.82, 2.24) is 9.36 Å². The van der Waals surface area contributed by atoms with Crippen molar-refractivity contribution in [3.8, 4) is 0 Å². The summed E-state index contributed by atoms with van der Waals surface area (Å²) >= 11 is 0. The molecule has 2 heterocycles. The maximum atomic E-state index is 12.0. The number of aliphatic hydroxyl groups is 1. The highest BCUT2D eigenvalue weighted by Crippen LogP contribution is 2.15. The molecule has 1 atom stereocenters. The van der Waals surface area contributed by atoms with Gasteiger partial charge >= 0.3 is 0 Å². The molecule has 1 aromatic heterocycles. The van der Waals surface area contributed by atoms with Crippen LogP contribution in [0.5, 0.6) is 0 Å². The van der Waals surface area contributed by atoms with Crippen molar-refractivity contribution < 1.29 is 5.11 Å². The lowest BCUT2D eigenvalue weighted by Crippen LogP contribution is -2.35. The Labute approximate surface area is 90.1 Å². The average molecular weight is 218 g/mol. The van der Waals surface area contributed by atoms with Crippen molar-refractivity contribution in [2.24, 2.45) is 0 Å². The van der Waals surface area contributed by atoms with Crippen LogP contribution in [-0.4, -0.2) is 14.5 Å². The van der Waals surface area contributed by atoms with E-state index >= 15 is 0 Å². The van der Waals surface area contributed by atoms with E-state index in [1.807, 2.05) is 0 Å². The Morgan fingerprint density at radius 2 is 1.75 bits per heavy atom. The number of fused-ring (bicyclic) bond motifs is 2. The van der Waals surface area contributed by atoms with Crippen molar-refractivity contribution in [2.75, 3.05) is 0 Å². The first-order valence-electron chi connectivity index (χ1n) is 5.12. The predicted octanol–water partition coefficient (Wildman–Crippen LogP) is 0.0578. The van der Waals surface area contributed by atoms with Gasteiger partial charge in [0.1, 0.15) is 0 Å². The molecule has 1 aliphatic rings. The summed E-state index contributed by atoms with van der Waals surface area (Å²) in [5.74, 6) is 0. The van der Waals surface area contributed by atoms with Crippen LogP contribution in [0.3, 0.4) is 0 Å². The van der Waals surface area contributed by atoms with Gasteiger partial charge in [-0.05, 0) is 12.1 Å². The first-order valence-corrected chi connectivity index (χ1v) is 5.12. The fourth-order valence-electron chi connectivity index (χ4n) is 2.19. The molecular weight excluding hydrogens is 208 g/mol. The summed E-state index contributed by atoms with van der Waals surface area (Å²) in [6.45, 7) is 0.389. The molecule has 1 aliphatic heterocycles. The lowest BCUT2D eigenvalue weighted by Gasteiger charge is -2.09. The summed E-state index contributed by atoms with van der Waals surface area (Å²) < 4.78 is 2.46. The fourth-order valence-corrected chi connectivity index (χ4v) is 2.19. The molecule has 0 saturated heterocycles. The number of benzene rings is 1. The number of aliphatic hydroxyl groups excluding tert-OH is 1. The zero-order chi connectivity index (χ0) is 11.3. The molecule has 1 aromatic carbocycles. The van der Waals surface area contributed by atoms with Crippen LogP contribution in [0.4, 0.5) is 0 Å². The van der Waals surface area contributed by atoms with Gasteiger partial charge in [0.2, 0.25) is 0 Å². The molecule has 0 spiro atoms. The highest BCUT2D eigenvalue weighted by atomic mass is 16.3. The second-order valence-electron chi connectivity index (χ2n) is 3.89. The monoisotopic (exact) mass is 218 g/mol. The van der Waals surface area contributed by atoms with Gasteiger partial charge in [-0.1, -0.05) is 12.1 Å². The smallest absolute Gasteiger partial charge is 0.275 e. The Kier molecular flexibility index (Phi) is 1.79.